The van der Waals surface area contributed by atoms with Crippen molar-refractivity contribution in [2.75, 3.05) is 0 Å². The molecule has 0 spiro atoms. The Kier molecular flexibility index (Phi) is 7.21. The molecule has 0 aliphatic heterocycles. The molecule has 0 heterocycles. The van der Waals surface area contributed by atoms with Crippen LogP contribution in [0.2, 0.25) is 0 Å². The van der Waals surface area contributed by atoms with E-state index in [1.165, 1.54) is 0 Å². The van der Waals surface area contributed by atoms with Gasteiger partial charge in [0, 0.05) is 6.07 Å². The van der Waals surface area contributed by atoms with E-state index in [4.69, 9.17) is 10.2 Å². The molecular weight excluding hydrogens is 239 g/mol. The van der Waals surface area contributed by atoms with Crippen LogP contribution < -0.4 is 51.4 Å². The fourth-order valence-electron chi connectivity index (χ4n) is 0.703. The van der Waals surface area contributed by atoms with Crippen LogP contribution in [0.1, 0.15) is 0 Å². The number of hydrogen-bond acceptors (Lipinski definition) is 5. The summed E-state index contributed by atoms with van der Waals surface area (Å²) in [7, 11) is -4.72. The number of hydrogen-bond donors (Lipinski definition) is 2. The second kappa shape index (κ2) is 6.03. The molecule has 0 atom stereocenters. The van der Waals surface area contributed by atoms with Gasteiger partial charge in [-0.25, -0.2) is 8.42 Å². The molecule has 1 aromatic carbocycles. The maximum absolute atomic E-state index is 10.4. The molecular formula is C6H7KO6S. The first-order valence-corrected chi connectivity index (χ1v) is 4.30. The average molecular weight is 246 g/mol. The maximum atomic E-state index is 10.4. The SMILES string of the molecule is O.O=S(=O)([O-])c1cc(O)ccc1O.[K+]. The molecule has 0 amide bonds. The van der Waals surface area contributed by atoms with E-state index in [2.05, 4.69) is 0 Å². The topological polar surface area (TPSA) is 129 Å². The Morgan fingerprint density at radius 1 is 1.21 bits per heavy atom. The molecule has 8 heteroatoms. The second-order valence-electron chi connectivity index (χ2n) is 2.11. The van der Waals surface area contributed by atoms with Crippen LogP contribution in [0, 0.1) is 0 Å². The van der Waals surface area contributed by atoms with Gasteiger partial charge >= 0.3 is 51.4 Å². The van der Waals surface area contributed by atoms with Gasteiger partial charge in [0.25, 0.3) is 0 Å². The molecule has 0 aromatic heterocycles. The van der Waals surface area contributed by atoms with E-state index >= 15 is 0 Å². The van der Waals surface area contributed by atoms with Crippen LogP contribution in [0.15, 0.2) is 23.1 Å². The summed E-state index contributed by atoms with van der Waals surface area (Å²) < 4.78 is 31.1. The van der Waals surface area contributed by atoms with Crippen LogP contribution in [-0.2, 0) is 10.1 Å². The van der Waals surface area contributed by atoms with Crippen molar-refractivity contribution in [2.45, 2.75) is 4.90 Å². The average Bonchev–Trinajstić information content (AvgIpc) is 1.92. The van der Waals surface area contributed by atoms with E-state index in [0.29, 0.717) is 6.07 Å². The van der Waals surface area contributed by atoms with Gasteiger partial charge in [0.05, 0.1) is 4.90 Å². The summed E-state index contributed by atoms with van der Waals surface area (Å²) in [6.07, 6.45) is 0. The molecule has 0 saturated carbocycles. The van der Waals surface area contributed by atoms with Gasteiger partial charge in [-0.3, -0.25) is 0 Å². The van der Waals surface area contributed by atoms with Crippen molar-refractivity contribution in [2.24, 2.45) is 0 Å². The van der Waals surface area contributed by atoms with Crippen molar-refractivity contribution in [3.63, 3.8) is 0 Å². The third-order valence-electron chi connectivity index (χ3n) is 1.21. The number of rotatable bonds is 1. The van der Waals surface area contributed by atoms with Gasteiger partial charge in [-0.05, 0) is 12.1 Å². The molecule has 0 radical (unpaired) electrons. The zero-order chi connectivity index (χ0) is 9.35. The minimum atomic E-state index is -4.72. The summed E-state index contributed by atoms with van der Waals surface area (Å²) in [4.78, 5) is -0.817. The third-order valence-corrected chi connectivity index (χ3v) is 2.08. The molecule has 0 fully saturated rings. The van der Waals surface area contributed by atoms with Gasteiger partial charge < -0.3 is 20.2 Å². The molecule has 1 rings (SSSR count). The van der Waals surface area contributed by atoms with Gasteiger partial charge in [-0.2, -0.15) is 0 Å². The van der Waals surface area contributed by atoms with Crippen LogP contribution >= 0.6 is 0 Å². The first kappa shape index (κ1) is 16.7. The molecule has 14 heavy (non-hydrogen) atoms. The maximum Gasteiger partial charge on any atom is 1.00 e. The van der Waals surface area contributed by atoms with Crippen LogP contribution in [-0.4, -0.2) is 28.7 Å². The molecule has 6 nitrogen and oxygen atoms in total. The third kappa shape index (κ3) is 4.23. The monoisotopic (exact) mass is 246 g/mol. The summed E-state index contributed by atoms with van der Waals surface area (Å²) in [6.45, 7) is 0. The molecule has 74 valence electrons. The molecule has 0 unspecified atom stereocenters. The molecule has 0 saturated heterocycles. The Labute approximate surface area is 123 Å². The van der Waals surface area contributed by atoms with E-state index in [1.54, 1.807) is 0 Å². The fourth-order valence-corrected chi connectivity index (χ4v) is 1.29. The van der Waals surface area contributed by atoms with Gasteiger partial charge in [-0.15, -0.1) is 0 Å². The Balaban J connectivity index is 0. The predicted molar refractivity (Wildman–Crippen MR) is 41.3 cm³/mol. The summed E-state index contributed by atoms with van der Waals surface area (Å²) in [5, 5.41) is 17.7. The Hall–Kier alpha value is 0.326. The van der Waals surface area contributed by atoms with E-state index < -0.39 is 20.8 Å². The molecule has 0 aliphatic rings. The van der Waals surface area contributed by atoms with Gasteiger partial charge in [0.1, 0.15) is 21.6 Å². The first-order chi connectivity index (χ1) is 5.41. The molecule has 4 N–H and O–H groups in total. The van der Waals surface area contributed by atoms with E-state index in [1.807, 2.05) is 0 Å². The van der Waals surface area contributed by atoms with Crippen LogP contribution in [0.3, 0.4) is 0 Å². The largest absolute Gasteiger partial charge is 1.00 e. The fraction of sp³-hybridized carbons (Fsp3) is 0. The second-order valence-corrected chi connectivity index (χ2v) is 3.45. The van der Waals surface area contributed by atoms with Gasteiger partial charge in [0.15, 0.2) is 0 Å². The zero-order valence-electron chi connectivity index (χ0n) is 7.26. The number of benzene rings is 1. The van der Waals surface area contributed by atoms with Crippen molar-refractivity contribution < 1.29 is 80.0 Å². The molecule has 1 aromatic rings. The van der Waals surface area contributed by atoms with Crippen molar-refractivity contribution in [1.82, 2.24) is 0 Å². The number of aromatic hydroxyl groups is 2. The van der Waals surface area contributed by atoms with Crippen molar-refractivity contribution in [3.8, 4) is 11.5 Å². The Bertz CT molecular complexity index is 401. The van der Waals surface area contributed by atoms with Crippen LogP contribution in [0.4, 0.5) is 0 Å². The summed E-state index contributed by atoms with van der Waals surface area (Å²) in [5.41, 5.74) is 0. The normalized spacial score (nSPS) is 9.79. The smallest absolute Gasteiger partial charge is 0.744 e. The zero-order valence-corrected chi connectivity index (χ0v) is 11.2. The van der Waals surface area contributed by atoms with Gasteiger partial charge in [-0.1, -0.05) is 0 Å². The number of phenolic OH excluding ortho intramolecular Hbond substituents is 2. The Morgan fingerprint density at radius 2 is 1.71 bits per heavy atom. The Morgan fingerprint density at radius 3 is 2.07 bits per heavy atom. The molecule has 0 bridgehead atoms. The van der Waals surface area contributed by atoms with E-state index in [9.17, 15) is 13.0 Å². The van der Waals surface area contributed by atoms with E-state index in [-0.39, 0.29) is 62.6 Å². The van der Waals surface area contributed by atoms with Crippen LogP contribution in [0.5, 0.6) is 11.5 Å². The minimum absolute atomic E-state index is 0. The van der Waals surface area contributed by atoms with Crippen LogP contribution in [0.25, 0.3) is 0 Å². The number of phenols is 2. The molecule has 0 aliphatic carbocycles. The first-order valence-electron chi connectivity index (χ1n) is 2.89. The minimum Gasteiger partial charge on any atom is -0.744 e. The predicted octanol–water partition coefficient (Wildman–Crippen LogP) is -3.82. The van der Waals surface area contributed by atoms with Crippen molar-refractivity contribution in [1.29, 1.82) is 0 Å². The summed E-state index contributed by atoms with van der Waals surface area (Å²) in [6, 6.07) is 2.70. The standard InChI is InChI=1S/C6H6O5S.K.H2O/c7-4-1-2-5(8)6(3-4)12(9,10)11;;/h1-3,7-8H,(H,9,10,11);;1H2/q;+1;/p-1. The quantitative estimate of drug-likeness (QED) is 0.298. The summed E-state index contributed by atoms with van der Waals surface area (Å²) >= 11 is 0. The van der Waals surface area contributed by atoms with Gasteiger partial charge in [0.2, 0.25) is 0 Å². The summed E-state index contributed by atoms with van der Waals surface area (Å²) in [5.74, 6) is -1.05. The van der Waals surface area contributed by atoms with Crippen molar-refractivity contribution >= 4 is 10.1 Å². The van der Waals surface area contributed by atoms with E-state index in [0.717, 1.165) is 12.1 Å². The van der Waals surface area contributed by atoms with Crippen molar-refractivity contribution in [3.05, 3.63) is 18.2 Å².